The van der Waals surface area contributed by atoms with Crippen molar-refractivity contribution in [3.63, 3.8) is 0 Å². The number of likely N-dealkylation sites (N-methyl/N-ethyl adjacent to an activating group) is 2. The third kappa shape index (κ3) is 10.4. The van der Waals surface area contributed by atoms with E-state index in [0.717, 1.165) is 40.8 Å². The number of para-hydroxylation sites is 1. The van der Waals surface area contributed by atoms with Crippen LogP contribution in [-0.2, 0) is 32.3 Å². The molecule has 0 aromatic heterocycles. The van der Waals surface area contributed by atoms with Gasteiger partial charge in [-0.05, 0) is 113 Å². The first-order valence-corrected chi connectivity index (χ1v) is 21.2. The van der Waals surface area contributed by atoms with Gasteiger partial charge in [0.1, 0.15) is 24.2 Å². The molecular formula is C50H57N7O4. The Labute approximate surface area is 359 Å². The Balaban J connectivity index is 0.971. The van der Waals surface area contributed by atoms with Crippen LogP contribution in [0, 0.1) is 0 Å². The van der Waals surface area contributed by atoms with Crippen LogP contribution in [0.15, 0.2) is 140 Å². The van der Waals surface area contributed by atoms with E-state index in [9.17, 15) is 19.2 Å². The molecule has 316 valence electrons. The molecule has 0 unspecified atom stereocenters. The average molecular weight is 820 g/mol. The first kappa shape index (κ1) is 42.8. The van der Waals surface area contributed by atoms with Gasteiger partial charge in [-0.25, -0.2) is 0 Å². The van der Waals surface area contributed by atoms with Gasteiger partial charge in [0.05, 0.1) is 0 Å². The van der Waals surface area contributed by atoms with Gasteiger partial charge in [0.25, 0.3) is 0 Å². The van der Waals surface area contributed by atoms with Gasteiger partial charge in [0.15, 0.2) is 0 Å². The summed E-state index contributed by atoms with van der Waals surface area (Å²) < 4.78 is 0. The van der Waals surface area contributed by atoms with E-state index in [4.69, 9.17) is 0 Å². The van der Waals surface area contributed by atoms with Crippen molar-refractivity contribution in [2.45, 2.75) is 62.9 Å². The maximum Gasteiger partial charge on any atom is 0.247 e. The van der Waals surface area contributed by atoms with E-state index in [-0.39, 0.29) is 23.6 Å². The van der Waals surface area contributed by atoms with Gasteiger partial charge < -0.3 is 25.3 Å². The van der Waals surface area contributed by atoms with Gasteiger partial charge in [0, 0.05) is 43.2 Å². The van der Waals surface area contributed by atoms with Crippen LogP contribution in [0.3, 0.4) is 0 Å². The van der Waals surface area contributed by atoms with Crippen LogP contribution in [0.5, 0.6) is 0 Å². The Bertz CT molecular complexity index is 2090. The molecule has 2 N–H and O–H groups in total. The minimum atomic E-state index is -0.533. The Hall–Kier alpha value is -6.30. The Morgan fingerprint density at radius 3 is 1.25 bits per heavy atom. The van der Waals surface area contributed by atoms with Gasteiger partial charge in [-0.1, -0.05) is 103 Å². The van der Waals surface area contributed by atoms with Crippen molar-refractivity contribution in [1.82, 2.24) is 19.6 Å². The molecule has 2 aliphatic rings. The monoisotopic (exact) mass is 819 g/mol. The lowest BCUT2D eigenvalue weighted by atomic mass is 10.0. The zero-order chi connectivity index (χ0) is 42.9. The molecule has 5 aromatic carbocycles. The lowest BCUT2D eigenvalue weighted by Gasteiger charge is -2.31. The quantitative estimate of drug-likeness (QED) is 0.114. The fourth-order valence-electron chi connectivity index (χ4n) is 8.67. The van der Waals surface area contributed by atoms with Crippen molar-refractivity contribution >= 4 is 40.7 Å². The molecular weight excluding hydrogens is 763 g/mol. The van der Waals surface area contributed by atoms with E-state index < -0.39 is 24.2 Å². The summed E-state index contributed by atoms with van der Waals surface area (Å²) in [4.78, 5) is 64.5. The van der Waals surface area contributed by atoms with Crippen molar-refractivity contribution in [2.24, 2.45) is 0 Å². The van der Waals surface area contributed by atoms with Crippen molar-refractivity contribution in [3.8, 4) is 0 Å². The van der Waals surface area contributed by atoms with E-state index >= 15 is 0 Å². The Morgan fingerprint density at radius 2 is 0.885 bits per heavy atom. The first-order chi connectivity index (χ1) is 29.6. The van der Waals surface area contributed by atoms with Gasteiger partial charge in [-0.2, -0.15) is 0 Å². The number of rotatable bonds is 15. The molecule has 2 fully saturated rings. The lowest BCUT2D eigenvalue weighted by molar-refractivity contribution is -0.141. The zero-order valence-electron chi connectivity index (χ0n) is 35.6. The van der Waals surface area contributed by atoms with E-state index in [1.54, 1.807) is 9.80 Å². The Morgan fingerprint density at radius 1 is 0.525 bits per heavy atom. The molecule has 2 saturated heterocycles. The molecule has 5 aromatic rings. The van der Waals surface area contributed by atoms with Gasteiger partial charge in [-0.15, -0.1) is 0 Å². The second kappa shape index (κ2) is 19.8. The van der Waals surface area contributed by atoms with Crippen molar-refractivity contribution in [2.75, 3.05) is 56.8 Å². The smallest absolute Gasteiger partial charge is 0.247 e. The van der Waals surface area contributed by atoms with Crippen LogP contribution in [0.1, 0.15) is 60.0 Å². The number of hydrogen-bond acceptors (Lipinski definition) is 7. The molecule has 2 heterocycles. The van der Waals surface area contributed by atoms with Crippen LogP contribution >= 0.6 is 0 Å². The molecule has 0 spiro atoms. The minimum absolute atomic E-state index is 0.0636. The molecule has 0 aliphatic carbocycles. The number of carbonyl (C=O) groups is 4. The standard InChI is InChI=1S/C50H57N7O4/c1-53(2)45(38-16-8-5-9-17-38)49(60)56-32-14-22-43(56)47(58)51-40-28-24-36(25-29-40)34-55(42-20-12-7-13-21-42)35-37-26-30-41(31-27-37)52-48(59)44-23-15-33-57(44)50(61)46(54(3)4)39-18-10-6-11-19-39/h5-13,16-21,24-31,43-46H,14-15,22-23,32-35H2,1-4H3,(H,51,58)(H,52,59)/t43-,44-,45+,46+/m0/s1. The van der Waals surface area contributed by atoms with E-state index in [1.807, 2.05) is 165 Å². The zero-order valence-corrected chi connectivity index (χ0v) is 35.6. The Kier molecular flexibility index (Phi) is 13.9. The highest BCUT2D eigenvalue weighted by molar-refractivity contribution is 5.99. The highest BCUT2D eigenvalue weighted by Gasteiger charge is 2.40. The molecule has 61 heavy (non-hydrogen) atoms. The number of nitrogens with one attached hydrogen (secondary N) is 2. The summed E-state index contributed by atoms with van der Waals surface area (Å²) in [6.07, 6.45) is 2.80. The highest BCUT2D eigenvalue weighted by atomic mass is 16.2. The topological polar surface area (TPSA) is 109 Å². The van der Waals surface area contributed by atoms with Crippen molar-refractivity contribution < 1.29 is 19.2 Å². The average Bonchev–Trinajstić information content (AvgIpc) is 3.98. The molecule has 0 radical (unpaired) electrons. The molecule has 2 aliphatic heterocycles. The van der Waals surface area contributed by atoms with Gasteiger partial charge in [0.2, 0.25) is 23.6 Å². The van der Waals surface area contributed by atoms with E-state index in [0.29, 0.717) is 50.4 Å². The van der Waals surface area contributed by atoms with Crippen LogP contribution in [0.2, 0.25) is 0 Å². The van der Waals surface area contributed by atoms with E-state index in [1.165, 1.54) is 0 Å². The third-order valence-corrected chi connectivity index (χ3v) is 11.7. The summed E-state index contributed by atoms with van der Waals surface area (Å²) in [6, 6.07) is 43.4. The van der Waals surface area contributed by atoms with Crippen molar-refractivity contribution in [1.29, 1.82) is 0 Å². The molecule has 4 atom stereocenters. The number of likely N-dealkylation sites (tertiary alicyclic amines) is 2. The fraction of sp³-hybridized carbons (Fsp3) is 0.320. The third-order valence-electron chi connectivity index (χ3n) is 11.7. The minimum Gasteiger partial charge on any atom is -0.363 e. The van der Waals surface area contributed by atoms with Crippen molar-refractivity contribution in [3.05, 3.63) is 162 Å². The summed E-state index contributed by atoms with van der Waals surface area (Å²) in [6.45, 7) is 2.34. The lowest BCUT2D eigenvalue weighted by Crippen LogP contribution is -2.47. The predicted molar refractivity (Wildman–Crippen MR) is 242 cm³/mol. The molecule has 0 bridgehead atoms. The first-order valence-electron chi connectivity index (χ1n) is 21.2. The summed E-state index contributed by atoms with van der Waals surface area (Å²) in [5.41, 5.74) is 6.38. The number of amides is 4. The number of nitrogens with zero attached hydrogens (tertiary/aromatic N) is 5. The highest BCUT2D eigenvalue weighted by Crippen LogP contribution is 2.30. The molecule has 11 nitrogen and oxygen atoms in total. The maximum absolute atomic E-state index is 13.8. The van der Waals surface area contributed by atoms with Crippen LogP contribution in [0.4, 0.5) is 17.1 Å². The maximum atomic E-state index is 13.8. The normalized spacial score (nSPS) is 17.3. The summed E-state index contributed by atoms with van der Waals surface area (Å²) in [7, 11) is 7.57. The molecule has 0 saturated carbocycles. The van der Waals surface area contributed by atoms with Crippen LogP contribution in [-0.4, -0.2) is 96.6 Å². The van der Waals surface area contributed by atoms with E-state index in [2.05, 4.69) is 27.7 Å². The van der Waals surface area contributed by atoms with Gasteiger partial charge in [-0.3, -0.25) is 29.0 Å². The second-order valence-electron chi connectivity index (χ2n) is 16.5. The number of hydrogen-bond donors (Lipinski definition) is 2. The van der Waals surface area contributed by atoms with Crippen LogP contribution < -0.4 is 15.5 Å². The number of benzene rings is 5. The summed E-state index contributed by atoms with van der Waals surface area (Å²) in [5.74, 6) is -0.479. The largest absolute Gasteiger partial charge is 0.363 e. The number of anilines is 3. The van der Waals surface area contributed by atoms with Crippen LogP contribution in [0.25, 0.3) is 0 Å². The SMILES string of the molecule is CN(C)[C@@H](C(=O)N1CCC[C@H]1C(=O)Nc1ccc(CN(Cc2ccc(NC(=O)[C@@H]3CCCN3C(=O)[C@@H](c3ccccc3)N(C)C)cc2)c2ccccc2)cc1)c1ccccc1. The summed E-state index contributed by atoms with van der Waals surface area (Å²) in [5, 5.41) is 6.16. The molecule has 7 rings (SSSR count). The summed E-state index contributed by atoms with van der Waals surface area (Å²) >= 11 is 0. The fourth-order valence-corrected chi connectivity index (χ4v) is 8.67. The predicted octanol–water partition coefficient (Wildman–Crippen LogP) is 7.36. The van der Waals surface area contributed by atoms with Gasteiger partial charge >= 0.3 is 0 Å². The second-order valence-corrected chi connectivity index (χ2v) is 16.5. The number of carbonyl (C=O) groups excluding carboxylic acids is 4. The molecule has 4 amide bonds. The molecule has 11 heteroatoms.